The number of hydrogen-bond acceptors (Lipinski definition) is 3. The first-order valence-corrected chi connectivity index (χ1v) is 7.17. The fourth-order valence-corrected chi connectivity index (χ4v) is 2.86. The molecule has 0 spiro atoms. The molecule has 0 radical (unpaired) electrons. The van der Waals surface area contributed by atoms with Crippen LogP contribution in [0.5, 0.6) is 0 Å². The molecule has 0 atom stereocenters. The number of anilines is 1. The lowest BCUT2D eigenvalue weighted by molar-refractivity contribution is 0.103. The Kier molecular flexibility index (Phi) is 4.42. The van der Waals surface area contributed by atoms with Crippen LogP contribution in [0.25, 0.3) is 0 Å². The summed E-state index contributed by atoms with van der Waals surface area (Å²) in [6, 6.07) is 6.57. The molecule has 7 heteroatoms. The number of nitrogens with two attached hydrogens (primary N) is 1. The lowest BCUT2D eigenvalue weighted by atomic mass is 10.1. The zero-order chi connectivity index (χ0) is 14.0. The molecule has 2 aromatic rings. The first-order chi connectivity index (χ1) is 8.99. The molecule has 0 saturated carbocycles. The molecule has 2 rings (SSSR count). The predicted molar refractivity (Wildman–Crippen MR) is 84.6 cm³/mol. The van der Waals surface area contributed by atoms with Crippen molar-refractivity contribution in [2.75, 3.05) is 5.32 Å². The Morgan fingerprint density at radius 3 is 2.63 bits per heavy atom. The quantitative estimate of drug-likeness (QED) is 0.838. The Hall–Kier alpha value is -1.14. The smallest absolute Gasteiger partial charge is 0.267 e. The maximum atomic E-state index is 12.1. The number of carbonyl (C=O) groups excluding carboxylic acids is 1. The van der Waals surface area contributed by atoms with Crippen LogP contribution >= 0.6 is 46.8 Å². The predicted octanol–water partition coefficient (Wildman–Crippen LogP) is 3.94. The van der Waals surface area contributed by atoms with Crippen LogP contribution in [0, 0.1) is 0 Å². The van der Waals surface area contributed by atoms with Gasteiger partial charge in [0.05, 0.1) is 10.7 Å². The van der Waals surface area contributed by atoms with Gasteiger partial charge in [-0.05, 0) is 29.6 Å². The largest absolute Gasteiger partial charge is 0.389 e. The maximum absolute atomic E-state index is 12.1. The van der Waals surface area contributed by atoms with Gasteiger partial charge in [-0.1, -0.05) is 35.4 Å². The molecule has 0 aliphatic carbocycles. The SMILES string of the molecule is NC(=S)c1ccc(Cl)cc1NC(=O)c1sccc1Cl. The summed E-state index contributed by atoms with van der Waals surface area (Å²) in [7, 11) is 0. The highest BCUT2D eigenvalue weighted by Gasteiger charge is 2.15. The summed E-state index contributed by atoms with van der Waals surface area (Å²) < 4.78 is 0. The summed E-state index contributed by atoms with van der Waals surface area (Å²) in [6.07, 6.45) is 0. The van der Waals surface area contributed by atoms with Crippen LogP contribution in [0.4, 0.5) is 5.69 Å². The second-order valence-electron chi connectivity index (χ2n) is 3.61. The molecule has 0 unspecified atom stereocenters. The third kappa shape index (κ3) is 3.25. The molecule has 3 nitrogen and oxygen atoms in total. The Bertz CT molecular complexity index is 655. The number of hydrogen-bond donors (Lipinski definition) is 2. The lowest BCUT2D eigenvalue weighted by Gasteiger charge is -2.10. The lowest BCUT2D eigenvalue weighted by Crippen LogP contribution is -2.17. The normalized spacial score (nSPS) is 10.2. The number of carbonyl (C=O) groups is 1. The van der Waals surface area contributed by atoms with Crippen molar-refractivity contribution in [3.63, 3.8) is 0 Å². The standard InChI is InChI=1S/C12H8Cl2N2OS2/c13-6-1-2-7(11(15)18)9(5-6)16-12(17)10-8(14)3-4-19-10/h1-5H,(H2,15,18)(H,16,17). The van der Waals surface area contributed by atoms with E-state index in [1.54, 1.807) is 29.6 Å². The third-order valence-corrected chi connectivity index (χ3v) is 4.11. The van der Waals surface area contributed by atoms with E-state index in [2.05, 4.69) is 5.32 Å². The fourth-order valence-electron chi connectivity index (χ4n) is 1.47. The third-order valence-electron chi connectivity index (χ3n) is 2.32. The van der Waals surface area contributed by atoms with E-state index in [1.165, 1.54) is 11.3 Å². The van der Waals surface area contributed by atoms with Gasteiger partial charge in [-0.2, -0.15) is 0 Å². The van der Waals surface area contributed by atoms with Gasteiger partial charge in [0, 0.05) is 10.6 Å². The van der Waals surface area contributed by atoms with E-state index in [9.17, 15) is 4.79 Å². The highest BCUT2D eigenvalue weighted by atomic mass is 35.5. The minimum Gasteiger partial charge on any atom is -0.389 e. The molecule has 1 heterocycles. The molecular formula is C12H8Cl2N2OS2. The number of amides is 1. The minimum atomic E-state index is -0.320. The zero-order valence-corrected chi connectivity index (χ0v) is 12.6. The Balaban J connectivity index is 2.33. The highest BCUT2D eigenvalue weighted by Crippen LogP contribution is 2.26. The van der Waals surface area contributed by atoms with Gasteiger partial charge in [0.25, 0.3) is 5.91 Å². The number of rotatable bonds is 3. The van der Waals surface area contributed by atoms with Crippen molar-refractivity contribution in [3.05, 3.63) is 50.1 Å². The molecule has 3 N–H and O–H groups in total. The molecular weight excluding hydrogens is 323 g/mol. The zero-order valence-electron chi connectivity index (χ0n) is 9.44. The van der Waals surface area contributed by atoms with Crippen LogP contribution in [-0.2, 0) is 0 Å². The molecule has 0 saturated heterocycles. The van der Waals surface area contributed by atoms with Gasteiger partial charge in [-0.15, -0.1) is 11.3 Å². The molecule has 1 aromatic heterocycles. The van der Waals surface area contributed by atoms with Crippen LogP contribution in [0.1, 0.15) is 15.2 Å². The monoisotopic (exact) mass is 330 g/mol. The van der Waals surface area contributed by atoms with E-state index in [1.807, 2.05) is 0 Å². The maximum Gasteiger partial charge on any atom is 0.267 e. The Morgan fingerprint density at radius 1 is 1.32 bits per heavy atom. The van der Waals surface area contributed by atoms with Crippen LogP contribution in [-0.4, -0.2) is 10.9 Å². The van der Waals surface area contributed by atoms with Gasteiger partial charge in [-0.25, -0.2) is 0 Å². The second kappa shape index (κ2) is 5.88. The van der Waals surface area contributed by atoms with Gasteiger partial charge in [0.1, 0.15) is 9.87 Å². The van der Waals surface area contributed by atoms with E-state index in [0.717, 1.165) is 0 Å². The Morgan fingerprint density at radius 2 is 2.05 bits per heavy atom. The molecule has 19 heavy (non-hydrogen) atoms. The molecule has 98 valence electrons. The van der Waals surface area contributed by atoms with Crippen LogP contribution in [0.15, 0.2) is 29.6 Å². The number of nitrogens with one attached hydrogen (secondary N) is 1. The van der Waals surface area contributed by atoms with Crippen molar-refractivity contribution in [2.24, 2.45) is 5.73 Å². The molecule has 1 aromatic carbocycles. The number of thiophene rings is 1. The van der Waals surface area contributed by atoms with Crippen molar-refractivity contribution in [1.29, 1.82) is 0 Å². The first kappa shape index (κ1) is 14.3. The molecule has 0 aliphatic rings. The molecule has 0 aliphatic heterocycles. The fraction of sp³-hybridized carbons (Fsp3) is 0. The van der Waals surface area contributed by atoms with Crippen molar-refractivity contribution in [1.82, 2.24) is 0 Å². The number of benzene rings is 1. The summed E-state index contributed by atoms with van der Waals surface area (Å²) in [5.74, 6) is -0.320. The van der Waals surface area contributed by atoms with Gasteiger partial charge >= 0.3 is 0 Å². The number of thiocarbonyl (C=S) groups is 1. The van der Waals surface area contributed by atoms with Crippen LogP contribution in [0.2, 0.25) is 10.0 Å². The van der Waals surface area contributed by atoms with Crippen LogP contribution in [0.3, 0.4) is 0 Å². The number of halogens is 2. The van der Waals surface area contributed by atoms with Crippen LogP contribution < -0.4 is 11.1 Å². The van der Waals surface area contributed by atoms with E-state index in [0.29, 0.717) is 26.2 Å². The average molecular weight is 331 g/mol. The Labute approximate surface area is 129 Å². The van der Waals surface area contributed by atoms with Crippen molar-refractivity contribution in [3.8, 4) is 0 Å². The van der Waals surface area contributed by atoms with Gasteiger partial charge in [0.2, 0.25) is 0 Å². The van der Waals surface area contributed by atoms with Crippen molar-refractivity contribution < 1.29 is 4.79 Å². The van der Waals surface area contributed by atoms with E-state index >= 15 is 0 Å². The average Bonchev–Trinajstić information content (AvgIpc) is 2.75. The molecule has 0 fully saturated rings. The van der Waals surface area contributed by atoms with Gasteiger partial charge in [-0.3, -0.25) is 4.79 Å². The summed E-state index contributed by atoms with van der Waals surface area (Å²) in [5.41, 5.74) is 6.63. The summed E-state index contributed by atoms with van der Waals surface area (Å²) in [6.45, 7) is 0. The summed E-state index contributed by atoms with van der Waals surface area (Å²) >= 11 is 18.0. The van der Waals surface area contributed by atoms with Gasteiger partial charge in [0.15, 0.2) is 0 Å². The van der Waals surface area contributed by atoms with E-state index in [4.69, 9.17) is 41.2 Å². The van der Waals surface area contributed by atoms with Crippen molar-refractivity contribution >= 4 is 63.3 Å². The van der Waals surface area contributed by atoms with Gasteiger partial charge < -0.3 is 11.1 Å². The highest BCUT2D eigenvalue weighted by molar-refractivity contribution is 7.80. The van der Waals surface area contributed by atoms with Crippen molar-refractivity contribution in [2.45, 2.75) is 0 Å². The first-order valence-electron chi connectivity index (χ1n) is 5.12. The summed E-state index contributed by atoms with van der Waals surface area (Å²) in [5, 5.41) is 5.33. The minimum absolute atomic E-state index is 0.184. The topological polar surface area (TPSA) is 55.1 Å². The molecule has 1 amide bonds. The van der Waals surface area contributed by atoms with E-state index in [-0.39, 0.29) is 10.9 Å². The van der Waals surface area contributed by atoms with E-state index < -0.39 is 0 Å². The second-order valence-corrected chi connectivity index (χ2v) is 5.81. The summed E-state index contributed by atoms with van der Waals surface area (Å²) in [4.78, 5) is 12.7. The molecule has 0 bridgehead atoms.